The van der Waals surface area contributed by atoms with Crippen molar-refractivity contribution < 1.29 is 4.74 Å². The lowest BCUT2D eigenvalue weighted by molar-refractivity contribution is 0.0983. The Morgan fingerprint density at radius 3 is 2.48 bits per heavy atom. The van der Waals surface area contributed by atoms with E-state index in [9.17, 15) is 0 Å². The summed E-state index contributed by atoms with van der Waals surface area (Å²) in [5.74, 6) is 0. The fourth-order valence-electron chi connectivity index (χ4n) is 3.35. The molecule has 3 heteroatoms. The minimum Gasteiger partial charge on any atom is -0.380 e. The van der Waals surface area contributed by atoms with E-state index in [1.165, 1.54) is 18.4 Å². The molecular formula is C18H30N2O. The Morgan fingerprint density at radius 2 is 1.86 bits per heavy atom. The molecule has 0 spiro atoms. The Kier molecular flexibility index (Phi) is 6.68. The number of ether oxygens (including phenoxy) is 1. The number of hydrogen-bond acceptors (Lipinski definition) is 3. The van der Waals surface area contributed by atoms with Crippen molar-refractivity contribution in [3.05, 3.63) is 35.9 Å². The van der Waals surface area contributed by atoms with Crippen molar-refractivity contribution in [2.45, 2.75) is 32.1 Å². The van der Waals surface area contributed by atoms with E-state index < -0.39 is 0 Å². The van der Waals surface area contributed by atoms with E-state index in [1.54, 1.807) is 0 Å². The van der Waals surface area contributed by atoms with E-state index in [0.29, 0.717) is 5.41 Å². The molecule has 0 unspecified atom stereocenters. The van der Waals surface area contributed by atoms with Crippen molar-refractivity contribution in [3.8, 4) is 0 Å². The van der Waals surface area contributed by atoms with Gasteiger partial charge in [-0.1, -0.05) is 37.3 Å². The predicted molar refractivity (Wildman–Crippen MR) is 88.8 cm³/mol. The number of nitrogens with zero attached hydrogens (tertiary/aromatic N) is 1. The molecule has 21 heavy (non-hydrogen) atoms. The van der Waals surface area contributed by atoms with Crippen molar-refractivity contribution in [2.75, 3.05) is 45.9 Å². The highest BCUT2D eigenvalue weighted by atomic mass is 16.5. The number of likely N-dealkylation sites (N-methyl/N-ethyl adjacent to an activating group) is 1. The van der Waals surface area contributed by atoms with E-state index in [1.807, 2.05) is 0 Å². The number of nitrogens with one attached hydrogen (secondary N) is 1. The third kappa shape index (κ3) is 4.53. The van der Waals surface area contributed by atoms with Crippen molar-refractivity contribution in [1.29, 1.82) is 0 Å². The van der Waals surface area contributed by atoms with Gasteiger partial charge in [-0.05, 0) is 45.0 Å². The van der Waals surface area contributed by atoms with Gasteiger partial charge in [0.1, 0.15) is 0 Å². The van der Waals surface area contributed by atoms with Crippen LogP contribution in [-0.2, 0) is 10.2 Å². The first-order chi connectivity index (χ1) is 10.3. The third-order valence-electron chi connectivity index (χ3n) is 4.68. The lowest BCUT2D eigenvalue weighted by Crippen LogP contribution is -2.48. The van der Waals surface area contributed by atoms with Crippen LogP contribution in [0.3, 0.4) is 0 Å². The summed E-state index contributed by atoms with van der Waals surface area (Å²) in [4.78, 5) is 2.55. The van der Waals surface area contributed by atoms with Crippen LogP contribution in [0, 0.1) is 0 Å². The van der Waals surface area contributed by atoms with Crippen LogP contribution >= 0.6 is 0 Å². The van der Waals surface area contributed by atoms with Gasteiger partial charge in [-0.15, -0.1) is 0 Å². The molecule has 1 aliphatic rings. The second kappa shape index (κ2) is 8.52. The highest BCUT2D eigenvalue weighted by Crippen LogP contribution is 2.34. The molecule has 1 heterocycles. The van der Waals surface area contributed by atoms with E-state index >= 15 is 0 Å². The second-order valence-electron chi connectivity index (χ2n) is 5.96. The molecule has 0 aliphatic carbocycles. The Hall–Kier alpha value is -0.900. The van der Waals surface area contributed by atoms with E-state index in [4.69, 9.17) is 4.74 Å². The molecule has 1 aliphatic heterocycles. The number of benzene rings is 1. The molecule has 0 saturated carbocycles. The van der Waals surface area contributed by atoms with Gasteiger partial charge in [0.25, 0.3) is 0 Å². The van der Waals surface area contributed by atoms with Crippen molar-refractivity contribution in [1.82, 2.24) is 10.2 Å². The van der Waals surface area contributed by atoms with Crippen LogP contribution in [-0.4, -0.2) is 50.8 Å². The van der Waals surface area contributed by atoms with Crippen molar-refractivity contribution in [2.24, 2.45) is 0 Å². The van der Waals surface area contributed by atoms with Gasteiger partial charge in [-0.25, -0.2) is 0 Å². The maximum Gasteiger partial charge on any atom is 0.0593 e. The molecule has 0 atom stereocenters. The molecule has 0 bridgehead atoms. The number of rotatable bonds is 8. The minimum atomic E-state index is 0.300. The monoisotopic (exact) mass is 290 g/mol. The number of piperidine rings is 1. The maximum atomic E-state index is 5.54. The fourth-order valence-corrected chi connectivity index (χ4v) is 3.35. The fraction of sp³-hybridized carbons (Fsp3) is 0.667. The first kappa shape index (κ1) is 16.5. The molecule has 0 aromatic heterocycles. The van der Waals surface area contributed by atoms with Crippen LogP contribution in [0.4, 0.5) is 0 Å². The van der Waals surface area contributed by atoms with Gasteiger partial charge in [-0.2, -0.15) is 0 Å². The Balaban J connectivity index is 2.08. The molecule has 0 radical (unpaired) electrons. The van der Waals surface area contributed by atoms with Gasteiger partial charge < -0.3 is 15.0 Å². The van der Waals surface area contributed by atoms with Gasteiger partial charge in [0.2, 0.25) is 0 Å². The summed E-state index contributed by atoms with van der Waals surface area (Å²) in [6.07, 6.45) is 2.45. The zero-order valence-electron chi connectivity index (χ0n) is 13.6. The van der Waals surface area contributed by atoms with Crippen molar-refractivity contribution in [3.63, 3.8) is 0 Å². The lowest BCUT2D eigenvalue weighted by atomic mass is 9.72. The molecule has 0 amide bonds. The zero-order chi connectivity index (χ0) is 15.0. The van der Waals surface area contributed by atoms with Crippen molar-refractivity contribution >= 4 is 0 Å². The molecule has 118 valence electrons. The Labute approximate surface area is 129 Å². The largest absolute Gasteiger partial charge is 0.380 e. The van der Waals surface area contributed by atoms with Gasteiger partial charge in [0.15, 0.2) is 0 Å². The summed E-state index contributed by atoms with van der Waals surface area (Å²) in [6.45, 7) is 11.5. The highest BCUT2D eigenvalue weighted by molar-refractivity contribution is 5.27. The van der Waals surface area contributed by atoms with Crippen LogP contribution in [0.2, 0.25) is 0 Å². The first-order valence-electron chi connectivity index (χ1n) is 8.37. The van der Waals surface area contributed by atoms with Crippen LogP contribution < -0.4 is 5.32 Å². The molecule has 1 aromatic carbocycles. The van der Waals surface area contributed by atoms with E-state index in [0.717, 1.165) is 45.9 Å². The highest BCUT2D eigenvalue weighted by Gasteiger charge is 2.35. The standard InChI is InChI=1S/C18H30N2O/c1-3-20(14-15-21-4-2)16-18(10-12-19-13-11-18)17-8-6-5-7-9-17/h5-9,19H,3-4,10-16H2,1-2H3. The maximum absolute atomic E-state index is 5.54. The summed E-state index contributed by atoms with van der Waals surface area (Å²) in [7, 11) is 0. The Bertz CT molecular complexity index is 387. The van der Waals surface area contributed by atoms with Gasteiger partial charge in [-0.3, -0.25) is 0 Å². The topological polar surface area (TPSA) is 24.5 Å². The average Bonchev–Trinajstić information content (AvgIpc) is 2.56. The zero-order valence-corrected chi connectivity index (χ0v) is 13.6. The minimum absolute atomic E-state index is 0.300. The van der Waals surface area contributed by atoms with Crippen LogP contribution in [0.15, 0.2) is 30.3 Å². The first-order valence-corrected chi connectivity index (χ1v) is 8.37. The van der Waals surface area contributed by atoms with Gasteiger partial charge >= 0.3 is 0 Å². The van der Waals surface area contributed by atoms with Crippen LogP contribution in [0.1, 0.15) is 32.3 Å². The molecule has 1 fully saturated rings. The SMILES string of the molecule is CCOCCN(CC)CC1(c2ccccc2)CCNCC1. The average molecular weight is 290 g/mol. The smallest absolute Gasteiger partial charge is 0.0593 e. The quantitative estimate of drug-likeness (QED) is 0.745. The molecule has 1 saturated heterocycles. The lowest BCUT2D eigenvalue weighted by Gasteiger charge is -2.42. The second-order valence-corrected chi connectivity index (χ2v) is 5.96. The summed E-state index contributed by atoms with van der Waals surface area (Å²) < 4.78 is 5.54. The summed E-state index contributed by atoms with van der Waals surface area (Å²) in [5.41, 5.74) is 1.80. The van der Waals surface area contributed by atoms with E-state index in [-0.39, 0.29) is 0 Å². The summed E-state index contributed by atoms with van der Waals surface area (Å²) in [5, 5.41) is 3.51. The van der Waals surface area contributed by atoms with Gasteiger partial charge in [0.05, 0.1) is 6.61 Å². The molecule has 1 N–H and O–H groups in total. The molecule has 1 aromatic rings. The molecule has 2 rings (SSSR count). The van der Waals surface area contributed by atoms with E-state index in [2.05, 4.69) is 54.4 Å². The third-order valence-corrected chi connectivity index (χ3v) is 4.68. The van der Waals surface area contributed by atoms with Gasteiger partial charge in [0, 0.05) is 25.1 Å². The van der Waals surface area contributed by atoms with Crippen LogP contribution in [0.5, 0.6) is 0 Å². The predicted octanol–water partition coefficient (Wildman–Crippen LogP) is 2.67. The normalized spacial score (nSPS) is 18.0. The molecule has 3 nitrogen and oxygen atoms in total. The summed E-state index contributed by atoms with van der Waals surface area (Å²) in [6, 6.07) is 11.1. The van der Waals surface area contributed by atoms with Crippen LogP contribution in [0.25, 0.3) is 0 Å². The number of hydrogen-bond donors (Lipinski definition) is 1. The molecular weight excluding hydrogens is 260 g/mol. The Morgan fingerprint density at radius 1 is 1.14 bits per heavy atom. The summed E-state index contributed by atoms with van der Waals surface area (Å²) >= 11 is 0.